The van der Waals surface area contributed by atoms with Crippen LogP contribution in [0.15, 0.2) is 48.5 Å². The van der Waals surface area contributed by atoms with Gasteiger partial charge in [0.2, 0.25) is 21.8 Å². The summed E-state index contributed by atoms with van der Waals surface area (Å²) in [6.45, 7) is 6.77. The molecular weight excluding hydrogens is 521 g/mol. The Morgan fingerprint density at radius 1 is 0.972 bits per heavy atom. The van der Waals surface area contributed by atoms with Crippen molar-refractivity contribution < 1.29 is 18.0 Å². The normalized spacial score (nSPS) is 12.3. The van der Waals surface area contributed by atoms with Crippen molar-refractivity contribution in [2.75, 3.05) is 23.7 Å². The first-order chi connectivity index (χ1) is 16.9. The third kappa shape index (κ3) is 9.30. The topological polar surface area (TPSA) is 86.8 Å². The second-order valence-electron chi connectivity index (χ2n) is 9.13. The summed E-state index contributed by atoms with van der Waals surface area (Å²) in [5.74, 6) is -0.143. The van der Waals surface area contributed by atoms with Crippen LogP contribution in [0.3, 0.4) is 0 Å². The molecule has 198 valence electrons. The first-order valence-electron chi connectivity index (χ1n) is 12.0. The van der Waals surface area contributed by atoms with Crippen LogP contribution in [0.2, 0.25) is 10.0 Å². The largest absolute Gasteiger partial charge is 0.354 e. The van der Waals surface area contributed by atoms with Crippen molar-refractivity contribution in [2.24, 2.45) is 5.92 Å². The van der Waals surface area contributed by atoms with Crippen molar-refractivity contribution in [3.63, 3.8) is 0 Å². The molecule has 0 fully saturated rings. The van der Waals surface area contributed by atoms with Crippen molar-refractivity contribution in [3.05, 3.63) is 64.1 Å². The molecule has 36 heavy (non-hydrogen) atoms. The quantitative estimate of drug-likeness (QED) is 0.371. The lowest BCUT2D eigenvalue weighted by atomic mass is 10.1. The predicted molar refractivity (Wildman–Crippen MR) is 147 cm³/mol. The molecular formula is C26H35Cl2N3O4S. The summed E-state index contributed by atoms with van der Waals surface area (Å²) >= 11 is 11.9. The van der Waals surface area contributed by atoms with Gasteiger partial charge in [0.15, 0.2) is 0 Å². The Labute approximate surface area is 224 Å². The van der Waals surface area contributed by atoms with Crippen LogP contribution < -0.4 is 9.62 Å². The average Bonchev–Trinajstić information content (AvgIpc) is 2.81. The third-order valence-corrected chi connectivity index (χ3v) is 7.30. The molecule has 0 radical (unpaired) electrons. The number of carbonyl (C=O) groups excluding carboxylic acids is 2. The van der Waals surface area contributed by atoms with Gasteiger partial charge in [-0.1, -0.05) is 56.1 Å². The fraction of sp³-hybridized carbons (Fsp3) is 0.462. The van der Waals surface area contributed by atoms with E-state index in [0.717, 1.165) is 11.8 Å². The van der Waals surface area contributed by atoms with E-state index in [1.165, 1.54) is 4.31 Å². The standard InChI is InChI=1S/C26H35Cl2N3O4S/c1-5-24(26(33)29-17-19(2)3)30(18-20-8-10-21(27)11-9-20)25(32)7-6-16-31(36(4,34)35)23-14-12-22(28)13-15-23/h8-15,19,24H,5-7,16-18H2,1-4H3,(H,29,33)/t24-/m1/s1. The first kappa shape index (κ1) is 29.9. The zero-order chi connectivity index (χ0) is 26.9. The average molecular weight is 557 g/mol. The fourth-order valence-corrected chi connectivity index (χ4v) is 4.96. The summed E-state index contributed by atoms with van der Waals surface area (Å²) in [4.78, 5) is 28.0. The molecule has 0 bridgehead atoms. The van der Waals surface area contributed by atoms with Crippen LogP contribution in [0.4, 0.5) is 5.69 Å². The Morgan fingerprint density at radius 2 is 1.53 bits per heavy atom. The monoisotopic (exact) mass is 555 g/mol. The van der Waals surface area contributed by atoms with Gasteiger partial charge in [-0.2, -0.15) is 0 Å². The molecule has 2 rings (SSSR count). The number of hydrogen-bond donors (Lipinski definition) is 1. The van der Waals surface area contributed by atoms with Crippen molar-refractivity contribution in [1.82, 2.24) is 10.2 Å². The maximum absolute atomic E-state index is 13.4. The number of amides is 2. The van der Waals surface area contributed by atoms with E-state index in [0.29, 0.717) is 28.7 Å². The smallest absolute Gasteiger partial charge is 0.242 e. The van der Waals surface area contributed by atoms with Gasteiger partial charge in [0.25, 0.3) is 0 Å². The molecule has 0 saturated carbocycles. The number of nitrogens with one attached hydrogen (secondary N) is 1. The fourth-order valence-electron chi connectivity index (χ4n) is 3.74. The molecule has 1 atom stereocenters. The summed E-state index contributed by atoms with van der Waals surface area (Å²) in [5, 5.41) is 4.02. The molecule has 0 spiro atoms. The van der Waals surface area contributed by atoms with Gasteiger partial charge in [0.05, 0.1) is 11.9 Å². The number of halogens is 2. The number of benzene rings is 2. The van der Waals surface area contributed by atoms with E-state index in [9.17, 15) is 18.0 Å². The van der Waals surface area contributed by atoms with Gasteiger partial charge in [-0.05, 0) is 60.7 Å². The molecule has 0 aromatic heterocycles. The van der Waals surface area contributed by atoms with Crippen molar-refractivity contribution in [3.8, 4) is 0 Å². The number of anilines is 1. The third-order valence-electron chi connectivity index (χ3n) is 5.60. The zero-order valence-corrected chi connectivity index (χ0v) is 23.5. The Kier molecular flexibility index (Phi) is 11.5. The van der Waals surface area contributed by atoms with E-state index in [4.69, 9.17) is 23.2 Å². The highest BCUT2D eigenvalue weighted by Gasteiger charge is 2.29. The molecule has 0 saturated heterocycles. The zero-order valence-electron chi connectivity index (χ0n) is 21.2. The van der Waals surface area contributed by atoms with Crippen LogP contribution in [0.5, 0.6) is 0 Å². The summed E-state index contributed by atoms with van der Waals surface area (Å²) in [7, 11) is -3.56. The minimum absolute atomic E-state index is 0.0845. The molecule has 2 amide bonds. The summed E-state index contributed by atoms with van der Waals surface area (Å²) < 4.78 is 26.1. The number of sulfonamides is 1. The lowest BCUT2D eigenvalue weighted by Gasteiger charge is -2.31. The van der Waals surface area contributed by atoms with Gasteiger partial charge in [0, 0.05) is 36.1 Å². The molecule has 0 aliphatic rings. The Balaban J connectivity index is 2.19. The number of hydrogen-bond acceptors (Lipinski definition) is 4. The van der Waals surface area contributed by atoms with Crippen molar-refractivity contribution in [2.45, 2.75) is 52.6 Å². The van der Waals surface area contributed by atoms with E-state index in [2.05, 4.69) is 5.32 Å². The molecule has 0 heterocycles. The van der Waals surface area contributed by atoms with Gasteiger partial charge in [-0.3, -0.25) is 13.9 Å². The molecule has 0 unspecified atom stereocenters. The van der Waals surface area contributed by atoms with Crippen LogP contribution in [0.1, 0.15) is 45.6 Å². The molecule has 10 heteroatoms. The van der Waals surface area contributed by atoms with E-state index in [1.54, 1.807) is 41.3 Å². The second kappa shape index (κ2) is 13.9. The van der Waals surface area contributed by atoms with E-state index < -0.39 is 16.1 Å². The number of nitrogens with zero attached hydrogens (tertiary/aromatic N) is 2. The minimum Gasteiger partial charge on any atom is -0.354 e. The van der Waals surface area contributed by atoms with Crippen LogP contribution in [-0.4, -0.2) is 50.5 Å². The molecule has 0 aliphatic heterocycles. The SMILES string of the molecule is CC[C@H](C(=O)NCC(C)C)N(Cc1ccc(Cl)cc1)C(=O)CCCN(c1ccc(Cl)cc1)S(C)(=O)=O. The van der Waals surface area contributed by atoms with Gasteiger partial charge in [-0.25, -0.2) is 8.42 Å². The summed E-state index contributed by atoms with van der Waals surface area (Å²) in [5.41, 5.74) is 1.33. The second-order valence-corrected chi connectivity index (χ2v) is 11.9. The molecule has 7 nitrogen and oxygen atoms in total. The van der Waals surface area contributed by atoms with Crippen molar-refractivity contribution >= 4 is 50.7 Å². The highest BCUT2D eigenvalue weighted by molar-refractivity contribution is 7.92. The molecule has 2 aromatic carbocycles. The number of rotatable bonds is 13. The van der Waals surface area contributed by atoms with Gasteiger partial charge >= 0.3 is 0 Å². The Bertz CT molecular complexity index is 1110. The van der Waals surface area contributed by atoms with Crippen LogP contribution in [-0.2, 0) is 26.2 Å². The summed E-state index contributed by atoms with van der Waals surface area (Å²) in [6, 6.07) is 13.0. The minimum atomic E-state index is -3.56. The van der Waals surface area contributed by atoms with Crippen LogP contribution >= 0.6 is 23.2 Å². The maximum atomic E-state index is 13.4. The predicted octanol–water partition coefficient (Wildman–Crippen LogP) is 5.12. The van der Waals surface area contributed by atoms with Gasteiger partial charge in [-0.15, -0.1) is 0 Å². The van der Waals surface area contributed by atoms with Crippen molar-refractivity contribution in [1.29, 1.82) is 0 Å². The van der Waals surface area contributed by atoms with Crippen LogP contribution in [0.25, 0.3) is 0 Å². The number of carbonyl (C=O) groups is 2. The van der Waals surface area contributed by atoms with Crippen LogP contribution in [0, 0.1) is 5.92 Å². The van der Waals surface area contributed by atoms with E-state index in [1.807, 2.05) is 32.9 Å². The van der Waals surface area contributed by atoms with Gasteiger partial charge < -0.3 is 10.2 Å². The lowest BCUT2D eigenvalue weighted by molar-refractivity contribution is -0.141. The highest BCUT2D eigenvalue weighted by Crippen LogP contribution is 2.22. The molecule has 0 aliphatic carbocycles. The molecule has 1 N–H and O–H groups in total. The highest BCUT2D eigenvalue weighted by atomic mass is 35.5. The lowest BCUT2D eigenvalue weighted by Crippen LogP contribution is -2.49. The Hall–Kier alpha value is -2.29. The summed E-state index contributed by atoms with van der Waals surface area (Å²) in [6.07, 6.45) is 1.95. The maximum Gasteiger partial charge on any atom is 0.242 e. The van der Waals surface area contributed by atoms with E-state index in [-0.39, 0.29) is 43.7 Å². The first-order valence-corrected chi connectivity index (χ1v) is 14.6. The molecule has 2 aromatic rings. The van der Waals surface area contributed by atoms with Gasteiger partial charge in [0.1, 0.15) is 6.04 Å². The Morgan fingerprint density at radius 3 is 2.03 bits per heavy atom. The van der Waals surface area contributed by atoms with E-state index >= 15 is 0 Å².